The Kier molecular flexibility index (Phi) is 14.6. The second-order valence-electron chi connectivity index (χ2n) is 8.97. The van der Waals surface area contributed by atoms with E-state index >= 15 is 0 Å². The van der Waals surface area contributed by atoms with Crippen molar-refractivity contribution in [2.45, 2.75) is 30.7 Å². The van der Waals surface area contributed by atoms with Crippen LogP contribution in [0.5, 0.6) is 0 Å². The molecule has 0 aliphatic carbocycles. The molecule has 24 N–H and O–H groups in total. The molecule has 0 saturated carbocycles. The van der Waals surface area contributed by atoms with E-state index in [4.69, 9.17) is 55.4 Å². The van der Waals surface area contributed by atoms with Gasteiger partial charge in [-0.05, 0) is 5.56 Å². The topological polar surface area (TPSA) is 456 Å². The van der Waals surface area contributed by atoms with Crippen LogP contribution in [0.4, 0.5) is 0 Å². The number of aliphatic hydroxyl groups is 1. The summed E-state index contributed by atoms with van der Waals surface area (Å²) in [5.74, 6) is -10.4. The van der Waals surface area contributed by atoms with Crippen molar-refractivity contribution in [2.24, 2.45) is 28.7 Å². The Hall–Kier alpha value is -6.92. The number of amides is 6. The van der Waals surface area contributed by atoms with Gasteiger partial charge < -0.3 is 81.6 Å². The average molecular weight is 665 g/mol. The number of primary amides is 1. The van der Waals surface area contributed by atoms with E-state index < -0.39 is 96.6 Å². The lowest BCUT2D eigenvalue weighted by Gasteiger charge is -2.28. The standard InChI is InChI=1S/C22H36N18O7/c23-10(43)11(37-19(24)25)33-16(45)13(39-21(28)29)35-18(47)14(40-22(30)31)36-17(46)12(38-20(26)27)34-15(44)9(32-8(42)6-41)7-4-2-1-3-5-7/h1-5,9,11-14,41H,6H2,(H2,23,43)(H,32,42)(H,33,45)(H,34,44)(H,35,47)(H,36,46)(H4,24,25,37)(H4,26,27,38)(H4,28,29,39)(H4,30,31,40). The zero-order valence-electron chi connectivity index (χ0n) is 24.3. The van der Waals surface area contributed by atoms with Crippen molar-refractivity contribution >= 4 is 59.3 Å². The van der Waals surface area contributed by atoms with Gasteiger partial charge in [-0.3, -0.25) is 50.4 Å². The van der Waals surface area contributed by atoms with Crippen LogP contribution in [0.1, 0.15) is 11.6 Å². The Morgan fingerprint density at radius 2 is 0.872 bits per heavy atom. The van der Waals surface area contributed by atoms with Crippen molar-refractivity contribution in [1.29, 1.82) is 21.6 Å². The highest BCUT2D eigenvalue weighted by Crippen LogP contribution is 2.13. The Labute approximate surface area is 264 Å². The van der Waals surface area contributed by atoms with E-state index in [1.807, 2.05) is 16.0 Å². The molecule has 0 fully saturated rings. The minimum atomic E-state index is -2.02. The second kappa shape index (κ2) is 18.0. The van der Waals surface area contributed by atoms with E-state index in [0.29, 0.717) is 0 Å². The van der Waals surface area contributed by atoms with Crippen molar-refractivity contribution in [3.8, 4) is 0 Å². The number of hydrogen-bond acceptors (Lipinski definition) is 11. The summed E-state index contributed by atoms with van der Waals surface area (Å²) < 4.78 is 0. The molecule has 0 heterocycles. The van der Waals surface area contributed by atoms with Gasteiger partial charge in [-0.15, -0.1) is 0 Å². The van der Waals surface area contributed by atoms with Gasteiger partial charge in [0.2, 0.25) is 11.8 Å². The molecule has 0 aliphatic heterocycles. The third kappa shape index (κ3) is 13.5. The summed E-state index contributed by atoms with van der Waals surface area (Å²) in [6.45, 7) is -0.979. The van der Waals surface area contributed by atoms with Crippen LogP contribution in [-0.2, 0) is 28.8 Å². The Balaban J connectivity index is 3.28. The molecule has 0 aliphatic rings. The summed E-state index contributed by atoms with van der Waals surface area (Å²) >= 11 is 0. The molecule has 256 valence electrons. The molecule has 25 heteroatoms. The largest absolute Gasteiger partial charge is 0.387 e. The number of nitrogens with one attached hydrogen (secondary N) is 13. The highest BCUT2D eigenvalue weighted by Gasteiger charge is 2.33. The lowest BCUT2D eigenvalue weighted by molar-refractivity contribution is -0.135. The summed E-state index contributed by atoms with van der Waals surface area (Å²) in [5.41, 5.74) is 26.5. The molecule has 5 atom stereocenters. The fourth-order valence-corrected chi connectivity index (χ4v) is 3.36. The molecule has 0 radical (unpaired) electrons. The van der Waals surface area contributed by atoms with Gasteiger partial charge in [0.25, 0.3) is 23.6 Å². The Morgan fingerprint density at radius 1 is 0.532 bits per heavy atom. The molecule has 6 amide bonds. The summed E-state index contributed by atoms with van der Waals surface area (Å²) in [6.07, 6.45) is -7.66. The van der Waals surface area contributed by atoms with E-state index in [9.17, 15) is 28.8 Å². The maximum atomic E-state index is 13.2. The molecule has 0 saturated heterocycles. The molecule has 25 nitrogen and oxygen atoms in total. The molecule has 0 aromatic heterocycles. The number of aliphatic hydroxyl groups excluding tert-OH is 1. The molecular formula is C22H36N18O7. The summed E-state index contributed by atoms with van der Waals surface area (Å²) in [4.78, 5) is 75.9. The maximum absolute atomic E-state index is 13.2. The summed E-state index contributed by atoms with van der Waals surface area (Å²) in [7, 11) is 0. The van der Waals surface area contributed by atoms with E-state index in [0.717, 1.165) is 0 Å². The van der Waals surface area contributed by atoms with E-state index in [-0.39, 0.29) is 5.56 Å². The van der Waals surface area contributed by atoms with Gasteiger partial charge in [-0.1, -0.05) is 30.3 Å². The van der Waals surface area contributed by atoms with Crippen molar-refractivity contribution in [3.05, 3.63) is 35.9 Å². The number of nitrogens with two attached hydrogens (primary N) is 5. The predicted molar refractivity (Wildman–Crippen MR) is 162 cm³/mol. The van der Waals surface area contributed by atoms with Crippen LogP contribution >= 0.6 is 0 Å². The van der Waals surface area contributed by atoms with Crippen molar-refractivity contribution < 1.29 is 33.9 Å². The molecule has 1 rings (SSSR count). The van der Waals surface area contributed by atoms with E-state index in [1.165, 1.54) is 24.3 Å². The normalized spacial score (nSPS) is 13.3. The van der Waals surface area contributed by atoms with Crippen molar-refractivity contribution in [1.82, 2.24) is 47.9 Å². The van der Waals surface area contributed by atoms with Gasteiger partial charge in [-0.2, -0.15) is 0 Å². The predicted octanol–water partition coefficient (Wildman–Crippen LogP) is -8.98. The third-order valence-corrected chi connectivity index (χ3v) is 5.26. The van der Waals surface area contributed by atoms with Crippen LogP contribution in [0.25, 0.3) is 0 Å². The molecule has 1 aromatic carbocycles. The number of hydrogen-bond donors (Lipinski definition) is 19. The van der Waals surface area contributed by atoms with E-state index in [2.05, 4.69) is 31.9 Å². The SMILES string of the molecule is N=C(N)NC(NC(=O)C(NC(=N)N)NC(=O)C(NC(=N)N)NC(=O)C(NC(=N)N)NC(=O)C(NC(=O)CO)c1ccccc1)C(N)=O. The van der Waals surface area contributed by atoms with Crippen LogP contribution in [0.2, 0.25) is 0 Å². The van der Waals surface area contributed by atoms with Gasteiger partial charge in [0.1, 0.15) is 12.6 Å². The highest BCUT2D eigenvalue weighted by molar-refractivity contribution is 5.99. The van der Waals surface area contributed by atoms with Crippen LogP contribution < -0.4 is 76.5 Å². The molecule has 47 heavy (non-hydrogen) atoms. The lowest BCUT2D eigenvalue weighted by atomic mass is 10.1. The molecule has 0 bridgehead atoms. The maximum Gasteiger partial charge on any atom is 0.265 e. The van der Waals surface area contributed by atoms with Gasteiger partial charge >= 0.3 is 0 Å². The first-order chi connectivity index (χ1) is 21.9. The number of carbonyl (C=O) groups excluding carboxylic acids is 6. The van der Waals surface area contributed by atoms with Gasteiger partial charge in [0.05, 0.1) is 0 Å². The monoisotopic (exact) mass is 664 g/mol. The number of carbonyl (C=O) groups is 6. The fourth-order valence-electron chi connectivity index (χ4n) is 3.36. The molecule has 5 unspecified atom stereocenters. The first kappa shape index (κ1) is 38.1. The first-order valence-corrected chi connectivity index (χ1v) is 12.8. The minimum Gasteiger partial charge on any atom is -0.387 e. The summed E-state index contributed by atoms with van der Waals surface area (Å²) in [5, 5.41) is 57.6. The molecular weight excluding hydrogens is 628 g/mol. The van der Waals surface area contributed by atoms with Crippen LogP contribution in [0.3, 0.4) is 0 Å². The fraction of sp³-hybridized carbons (Fsp3) is 0.273. The van der Waals surface area contributed by atoms with Crippen LogP contribution in [0.15, 0.2) is 30.3 Å². The number of guanidine groups is 4. The number of rotatable bonds is 16. The quantitative estimate of drug-likeness (QED) is 0.0443. The van der Waals surface area contributed by atoms with Crippen molar-refractivity contribution in [2.75, 3.05) is 6.61 Å². The molecule has 1 aromatic rings. The molecule has 0 spiro atoms. The Morgan fingerprint density at radius 3 is 1.21 bits per heavy atom. The third-order valence-electron chi connectivity index (χ3n) is 5.26. The van der Waals surface area contributed by atoms with Gasteiger partial charge in [-0.25, -0.2) is 0 Å². The van der Waals surface area contributed by atoms with Crippen LogP contribution in [0, 0.1) is 21.6 Å². The second-order valence-corrected chi connectivity index (χ2v) is 8.97. The zero-order valence-corrected chi connectivity index (χ0v) is 24.3. The minimum absolute atomic E-state index is 0.226. The average Bonchev–Trinajstić information content (AvgIpc) is 2.97. The van der Waals surface area contributed by atoms with Crippen molar-refractivity contribution in [3.63, 3.8) is 0 Å². The Bertz CT molecular complexity index is 1390. The van der Waals surface area contributed by atoms with Gasteiger partial charge in [0.15, 0.2) is 48.5 Å². The summed E-state index contributed by atoms with van der Waals surface area (Å²) in [6, 6.07) is 6.14. The van der Waals surface area contributed by atoms with Crippen LogP contribution in [-0.4, -0.2) is 95.7 Å². The van der Waals surface area contributed by atoms with Gasteiger partial charge in [0, 0.05) is 0 Å². The smallest absolute Gasteiger partial charge is 0.265 e. The first-order valence-electron chi connectivity index (χ1n) is 12.8. The zero-order chi connectivity index (χ0) is 35.8. The highest BCUT2D eigenvalue weighted by atomic mass is 16.3. The lowest BCUT2D eigenvalue weighted by Crippen LogP contribution is -2.68. The number of benzene rings is 1. The van der Waals surface area contributed by atoms with E-state index in [1.54, 1.807) is 6.07 Å².